The van der Waals surface area contributed by atoms with Crippen molar-refractivity contribution in [1.29, 1.82) is 0 Å². The van der Waals surface area contributed by atoms with Gasteiger partial charge in [0, 0.05) is 21.5 Å². The van der Waals surface area contributed by atoms with Crippen LogP contribution in [0.4, 0.5) is 4.39 Å². The number of halogens is 1. The first-order valence-corrected chi connectivity index (χ1v) is 8.82. The zero-order valence-corrected chi connectivity index (χ0v) is 13.7. The summed E-state index contributed by atoms with van der Waals surface area (Å²) in [5.74, 6) is -0.197. The van der Waals surface area contributed by atoms with E-state index in [2.05, 4.69) is 0 Å². The molecule has 0 atom stereocenters. The van der Waals surface area contributed by atoms with Crippen LogP contribution in [0.3, 0.4) is 0 Å². The highest BCUT2D eigenvalue weighted by Crippen LogP contribution is 2.30. The van der Waals surface area contributed by atoms with Crippen molar-refractivity contribution < 1.29 is 4.39 Å². The van der Waals surface area contributed by atoms with Crippen molar-refractivity contribution in [2.75, 3.05) is 6.26 Å². The molecule has 2 aromatic carbocycles. The van der Waals surface area contributed by atoms with Crippen LogP contribution in [0.25, 0.3) is 16.9 Å². The molecule has 0 unspecified atom stereocenters. The highest BCUT2D eigenvalue weighted by Gasteiger charge is 2.11. The second kappa shape index (κ2) is 6.13. The molecule has 0 aliphatic heterocycles. The molecule has 0 radical (unpaired) electrons. The van der Waals surface area contributed by atoms with Crippen LogP contribution in [0.2, 0.25) is 0 Å². The monoisotopic (exact) mass is 333 g/mol. The van der Waals surface area contributed by atoms with Gasteiger partial charge in [0.2, 0.25) is 0 Å². The summed E-state index contributed by atoms with van der Waals surface area (Å²) in [6.45, 7) is 0. The number of aromatic nitrogens is 1. The van der Waals surface area contributed by atoms with Crippen LogP contribution in [0.1, 0.15) is 0 Å². The Kier molecular flexibility index (Phi) is 4.24. The van der Waals surface area contributed by atoms with E-state index in [1.807, 2.05) is 58.7 Å². The zero-order chi connectivity index (χ0) is 14.8. The van der Waals surface area contributed by atoms with E-state index in [1.54, 1.807) is 6.07 Å². The molecule has 21 heavy (non-hydrogen) atoms. The van der Waals surface area contributed by atoms with Crippen molar-refractivity contribution in [1.82, 2.24) is 4.57 Å². The van der Waals surface area contributed by atoms with Crippen LogP contribution in [0, 0.1) is 9.77 Å². The summed E-state index contributed by atoms with van der Waals surface area (Å²) >= 11 is 8.31. The highest BCUT2D eigenvalue weighted by atomic mass is 32.2. The van der Waals surface area contributed by atoms with Gasteiger partial charge in [-0.1, -0.05) is 24.3 Å². The Labute approximate surface area is 136 Å². The van der Waals surface area contributed by atoms with Crippen LogP contribution in [0.5, 0.6) is 0 Å². The van der Waals surface area contributed by atoms with Gasteiger partial charge in [0.25, 0.3) is 0 Å². The number of rotatable bonds is 3. The molecule has 0 fully saturated rings. The van der Waals surface area contributed by atoms with Gasteiger partial charge in [-0.05, 0) is 42.7 Å². The fourth-order valence-corrected chi connectivity index (χ4v) is 3.72. The van der Waals surface area contributed by atoms with Gasteiger partial charge in [0.1, 0.15) is 5.82 Å². The first kappa shape index (κ1) is 14.5. The summed E-state index contributed by atoms with van der Waals surface area (Å²) in [5, 5.41) is 1.98. The molecule has 0 saturated carbocycles. The Morgan fingerprint density at radius 2 is 1.90 bits per heavy atom. The fourth-order valence-electron chi connectivity index (χ4n) is 2.15. The predicted octanol–water partition coefficient (Wildman–Crippen LogP) is 5.80. The lowest BCUT2D eigenvalue weighted by molar-refractivity contribution is 0.602. The van der Waals surface area contributed by atoms with Crippen molar-refractivity contribution in [2.45, 2.75) is 4.90 Å². The van der Waals surface area contributed by atoms with Gasteiger partial charge in [-0.25, -0.2) is 4.39 Å². The molecule has 1 nitrogen and oxygen atoms in total. The summed E-state index contributed by atoms with van der Waals surface area (Å²) in [7, 11) is 0. The van der Waals surface area contributed by atoms with Gasteiger partial charge >= 0.3 is 0 Å². The van der Waals surface area contributed by atoms with E-state index in [0.717, 1.165) is 20.9 Å². The first-order chi connectivity index (χ1) is 10.2. The van der Waals surface area contributed by atoms with Crippen molar-refractivity contribution in [3.05, 3.63) is 63.7 Å². The summed E-state index contributed by atoms with van der Waals surface area (Å²) < 4.78 is 16.8. The molecule has 0 N–H and O–H groups in total. The van der Waals surface area contributed by atoms with Gasteiger partial charge in [-0.15, -0.1) is 23.1 Å². The second-order valence-electron chi connectivity index (χ2n) is 4.41. The van der Waals surface area contributed by atoms with Gasteiger partial charge < -0.3 is 0 Å². The average molecular weight is 333 g/mol. The lowest BCUT2D eigenvalue weighted by Crippen LogP contribution is -1.96. The fraction of sp³-hybridized carbons (Fsp3) is 0.0625. The standard InChI is InChI=1S/C16H12FNS3/c1-20-15-8-7-11(9-13(15)17)14-10-21-16(19)18(14)12-5-3-2-4-6-12/h2-10H,1H3. The van der Waals surface area contributed by atoms with Crippen LogP contribution in [-0.2, 0) is 0 Å². The molecule has 1 heterocycles. The summed E-state index contributed by atoms with van der Waals surface area (Å²) in [6, 6.07) is 15.2. The topological polar surface area (TPSA) is 4.93 Å². The Balaban J connectivity index is 2.17. The molecular weight excluding hydrogens is 321 g/mol. The maximum atomic E-state index is 14.0. The maximum absolute atomic E-state index is 14.0. The molecule has 0 saturated heterocycles. The zero-order valence-electron chi connectivity index (χ0n) is 11.2. The van der Waals surface area contributed by atoms with Crippen molar-refractivity contribution in [2.24, 2.45) is 0 Å². The molecular formula is C16H12FNS3. The van der Waals surface area contributed by atoms with E-state index < -0.39 is 0 Å². The molecule has 0 spiro atoms. The molecule has 3 rings (SSSR count). The van der Waals surface area contributed by atoms with E-state index >= 15 is 0 Å². The molecule has 0 amide bonds. The van der Waals surface area contributed by atoms with E-state index in [1.165, 1.54) is 23.1 Å². The molecule has 106 valence electrons. The summed E-state index contributed by atoms with van der Waals surface area (Å²) in [6.07, 6.45) is 1.87. The van der Waals surface area contributed by atoms with Crippen molar-refractivity contribution in [3.63, 3.8) is 0 Å². The summed E-state index contributed by atoms with van der Waals surface area (Å²) in [5.41, 5.74) is 2.75. The largest absolute Gasteiger partial charge is 0.292 e. The number of hydrogen-bond acceptors (Lipinski definition) is 3. The maximum Gasteiger partial charge on any atom is 0.166 e. The van der Waals surface area contributed by atoms with Gasteiger partial charge in [0.05, 0.1) is 5.69 Å². The lowest BCUT2D eigenvalue weighted by Gasteiger charge is -2.09. The Bertz CT molecular complexity index is 821. The third-order valence-corrected chi connectivity index (χ3v) is 5.12. The Morgan fingerprint density at radius 1 is 1.14 bits per heavy atom. The van der Waals surface area contributed by atoms with Crippen LogP contribution in [-0.4, -0.2) is 10.8 Å². The smallest absolute Gasteiger partial charge is 0.166 e. The van der Waals surface area contributed by atoms with Crippen LogP contribution in [0.15, 0.2) is 58.8 Å². The minimum Gasteiger partial charge on any atom is -0.292 e. The molecule has 0 aliphatic carbocycles. The number of para-hydroxylation sites is 1. The minimum absolute atomic E-state index is 0.197. The van der Waals surface area contributed by atoms with E-state index in [4.69, 9.17) is 12.2 Å². The van der Waals surface area contributed by atoms with E-state index in [0.29, 0.717) is 4.90 Å². The normalized spacial score (nSPS) is 10.8. The second-order valence-corrected chi connectivity index (χ2v) is 6.76. The van der Waals surface area contributed by atoms with Gasteiger partial charge in [-0.2, -0.15) is 0 Å². The first-order valence-electron chi connectivity index (χ1n) is 6.30. The highest BCUT2D eigenvalue weighted by molar-refractivity contribution is 7.98. The van der Waals surface area contributed by atoms with E-state index in [9.17, 15) is 4.39 Å². The molecule has 0 aliphatic rings. The van der Waals surface area contributed by atoms with Crippen LogP contribution < -0.4 is 0 Å². The predicted molar refractivity (Wildman–Crippen MR) is 91.7 cm³/mol. The van der Waals surface area contributed by atoms with Gasteiger partial charge in [0.15, 0.2) is 3.95 Å². The SMILES string of the molecule is CSc1ccc(-c2csc(=S)n2-c2ccccc2)cc1F. The quantitative estimate of drug-likeness (QED) is 0.441. The molecule has 0 bridgehead atoms. The van der Waals surface area contributed by atoms with Gasteiger partial charge in [-0.3, -0.25) is 4.57 Å². The lowest BCUT2D eigenvalue weighted by atomic mass is 10.1. The molecule has 5 heteroatoms. The molecule has 1 aromatic heterocycles. The number of nitrogens with zero attached hydrogens (tertiary/aromatic N) is 1. The third-order valence-electron chi connectivity index (χ3n) is 3.16. The third kappa shape index (κ3) is 2.81. The van der Waals surface area contributed by atoms with Crippen LogP contribution >= 0.6 is 35.3 Å². The number of benzene rings is 2. The Morgan fingerprint density at radius 3 is 2.57 bits per heavy atom. The summed E-state index contributed by atoms with van der Waals surface area (Å²) in [4.78, 5) is 0.652. The molecule has 3 aromatic rings. The minimum atomic E-state index is -0.197. The number of hydrogen-bond donors (Lipinski definition) is 0. The number of thiazole rings is 1. The Hall–Kier alpha value is -1.43. The average Bonchev–Trinajstić information content (AvgIpc) is 2.90. The van der Waals surface area contributed by atoms with Crippen molar-refractivity contribution >= 4 is 35.3 Å². The van der Waals surface area contributed by atoms with Crippen molar-refractivity contribution in [3.8, 4) is 16.9 Å². The number of thioether (sulfide) groups is 1. The van der Waals surface area contributed by atoms with E-state index in [-0.39, 0.29) is 5.82 Å².